The van der Waals surface area contributed by atoms with Gasteiger partial charge in [-0.3, -0.25) is 9.59 Å². The SMILES string of the molecule is CCN1C(=O)C(CNc2ccccc2)SC1[C@H](C#N)C(=O)N(C)C.[HH]. The Morgan fingerprint density at radius 2 is 2.12 bits per heavy atom. The van der Waals surface area contributed by atoms with Gasteiger partial charge in [0.25, 0.3) is 0 Å². The number of carbonyl (C=O) groups excluding carboxylic acids is 2. The molecule has 0 spiro atoms. The molecule has 1 aromatic rings. The van der Waals surface area contributed by atoms with Crippen LogP contribution in [0.25, 0.3) is 0 Å². The number of nitrogens with zero attached hydrogens (tertiary/aromatic N) is 3. The summed E-state index contributed by atoms with van der Waals surface area (Å²) in [6.45, 7) is 2.82. The summed E-state index contributed by atoms with van der Waals surface area (Å²) < 4.78 is 0. The molecule has 0 radical (unpaired) electrons. The third-order valence-electron chi connectivity index (χ3n) is 3.91. The van der Waals surface area contributed by atoms with Gasteiger partial charge in [0.2, 0.25) is 11.8 Å². The zero-order valence-electron chi connectivity index (χ0n) is 14.1. The van der Waals surface area contributed by atoms with E-state index in [2.05, 4.69) is 11.4 Å². The van der Waals surface area contributed by atoms with Crippen molar-refractivity contribution in [1.82, 2.24) is 9.80 Å². The first-order chi connectivity index (χ1) is 11.5. The van der Waals surface area contributed by atoms with Gasteiger partial charge in [0, 0.05) is 34.3 Å². The van der Waals surface area contributed by atoms with Crippen LogP contribution < -0.4 is 5.32 Å². The van der Waals surface area contributed by atoms with Crippen LogP contribution in [0.4, 0.5) is 5.69 Å². The van der Waals surface area contributed by atoms with Crippen molar-refractivity contribution in [3.8, 4) is 6.07 Å². The molecule has 7 heteroatoms. The van der Waals surface area contributed by atoms with Gasteiger partial charge in [0.05, 0.1) is 6.07 Å². The fraction of sp³-hybridized carbons (Fsp3) is 0.471. The molecule has 1 fully saturated rings. The van der Waals surface area contributed by atoms with Gasteiger partial charge in [-0.2, -0.15) is 5.26 Å². The van der Waals surface area contributed by atoms with Crippen LogP contribution in [-0.2, 0) is 9.59 Å². The lowest BCUT2D eigenvalue weighted by molar-refractivity contribution is -0.134. The zero-order chi connectivity index (χ0) is 17.7. The van der Waals surface area contributed by atoms with E-state index in [9.17, 15) is 14.9 Å². The highest BCUT2D eigenvalue weighted by atomic mass is 32.2. The van der Waals surface area contributed by atoms with Crippen LogP contribution >= 0.6 is 11.8 Å². The minimum Gasteiger partial charge on any atom is -0.383 e. The molecule has 0 saturated carbocycles. The third kappa shape index (κ3) is 3.82. The fourth-order valence-corrected chi connectivity index (χ4v) is 4.13. The number of benzene rings is 1. The summed E-state index contributed by atoms with van der Waals surface area (Å²) in [7, 11) is 3.25. The van der Waals surface area contributed by atoms with E-state index < -0.39 is 11.3 Å². The first kappa shape index (κ1) is 18.1. The molecular weight excluding hydrogens is 324 g/mol. The number of rotatable bonds is 6. The van der Waals surface area contributed by atoms with Crippen molar-refractivity contribution in [2.45, 2.75) is 17.5 Å². The molecule has 2 amide bonds. The molecule has 1 N–H and O–H groups in total. The molecule has 1 aromatic carbocycles. The molecule has 1 aliphatic heterocycles. The number of nitriles is 1. The number of hydrogen-bond acceptors (Lipinski definition) is 5. The maximum Gasteiger partial charge on any atom is 0.242 e. The molecule has 2 rings (SSSR count). The molecule has 130 valence electrons. The van der Waals surface area contributed by atoms with Gasteiger partial charge in [-0.05, 0) is 19.1 Å². The molecule has 1 aliphatic rings. The van der Waals surface area contributed by atoms with Crippen LogP contribution in [0.3, 0.4) is 0 Å². The van der Waals surface area contributed by atoms with Crippen molar-refractivity contribution >= 4 is 29.3 Å². The van der Waals surface area contributed by atoms with E-state index in [1.54, 1.807) is 19.0 Å². The Kier molecular flexibility index (Phi) is 6.10. The fourth-order valence-electron chi connectivity index (χ4n) is 2.63. The average molecular weight is 348 g/mol. The summed E-state index contributed by atoms with van der Waals surface area (Å²) in [4.78, 5) is 27.9. The Morgan fingerprint density at radius 3 is 2.67 bits per heavy atom. The highest BCUT2D eigenvalue weighted by Crippen LogP contribution is 2.36. The van der Waals surface area contributed by atoms with Crippen LogP contribution in [-0.4, -0.2) is 59.4 Å². The topological polar surface area (TPSA) is 76.4 Å². The van der Waals surface area contributed by atoms with Gasteiger partial charge >= 0.3 is 0 Å². The minimum absolute atomic E-state index is 0. The predicted octanol–water partition coefficient (Wildman–Crippen LogP) is 1.86. The lowest BCUT2D eigenvalue weighted by Crippen LogP contribution is -2.43. The van der Waals surface area contributed by atoms with Gasteiger partial charge in [-0.15, -0.1) is 11.8 Å². The molecule has 0 bridgehead atoms. The van der Waals surface area contributed by atoms with E-state index in [-0.39, 0.29) is 18.5 Å². The van der Waals surface area contributed by atoms with E-state index >= 15 is 0 Å². The Labute approximate surface area is 148 Å². The standard InChI is InChI=1S/C17H22N4O2S.H2/c1-4-21-16(23)14(11-19-12-8-6-5-7-9-12)24-17(21)13(10-18)15(22)20(2)3;/h5-9,13-14,17,19H,4,11H2,1-3H3;1H/t13-,14?,17?;/m1./s1. The maximum absolute atomic E-state index is 12.6. The van der Waals surface area contributed by atoms with Gasteiger partial charge in [-0.1, -0.05) is 18.2 Å². The molecule has 3 atom stereocenters. The Morgan fingerprint density at radius 1 is 1.46 bits per heavy atom. The van der Waals surface area contributed by atoms with Crippen molar-refractivity contribution < 1.29 is 11.0 Å². The zero-order valence-corrected chi connectivity index (χ0v) is 14.9. The van der Waals surface area contributed by atoms with E-state index in [1.807, 2.05) is 37.3 Å². The molecular formula is C17H24N4O2S. The molecule has 0 aromatic heterocycles. The smallest absolute Gasteiger partial charge is 0.242 e. The third-order valence-corrected chi connectivity index (χ3v) is 5.41. The van der Waals surface area contributed by atoms with Crippen LogP contribution in [0.15, 0.2) is 30.3 Å². The monoisotopic (exact) mass is 348 g/mol. The average Bonchev–Trinajstić information content (AvgIpc) is 2.90. The van der Waals surface area contributed by atoms with Crippen molar-refractivity contribution in [2.75, 3.05) is 32.5 Å². The number of anilines is 1. The molecule has 2 unspecified atom stereocenters. The van der Waals surface area contributed by atoms with Crippen LogP contribution in [0.2, 0.25) is 0 Å². The summed E-state index contributed by atoms with van der Waals surface area (Å²) in [5.74, 6) is -1.14. The Hall–Kier alpha value is -2.20. The summed E-state index contributed by atoms with van der Waals surface area (Å²) in [5, 5.41) is 11.9. The van der Waals surface area contributed by atoms with Gasteiger partial charge in [0.1, 0.15) is 10.6 Å². The molecule has 24 heavy (non-hydrogen) atoms. The van der Waals surface area contributed by atoms with Crippen molar-refractivity contribution in [3.63, 3.8) is 0 Å². The van der Waals surface area contributed by atoms with Crippen LogP contribution in [0.1, 0.15) is 8.35 Å². The van der Waals surface area contributed by atoms with Crippen molar-refractivity contribution in [1.29, 1.82) is 5.26 Å². The number of nitrogens with one attached hydrogen (secondary N) is 1. The quantitative estimate of drug-likeness (QED) is 0.849. The second-order valence-corrected chi connectivity index (χ2v) is 7.05. The summed E-state index contributed by atoms with van der Waals surface area (Å²) in [5.41, 5.74) is 0.943. The second-order valence-electron chi connectivity index (χ2n) is 5.73. The lowest BCUT2D eigenvalue weighted by Gasteiger charge is -2.26. The second kappa shape index (κ2) is 8.06. The Bertz CT molecular complexity index is 635. The van der Waals surface area contributed by atoms with E-state index in [4.69, 9.17) is 0 Å². The van der Waals surface area contributed by atoms with Gasteiger partial charge in [-0.25, -0.2) is 0 Å². The number of carbonyl (C=O) groups is 2. The van der Waals surface area contributed by atoms with Gasteiger partial charge in [0.15, 0.2) is 5.92 Å². The predicted molar refractivity (Wildman–Crippen MR) is 97.4 cm³/mol. The van der Waals surface area contributed by atoms with Crippen LogP contribution in [0, 0.1) is 17.2 Å². The van der Waals surface area contributed by atoms with Gasteiger partial charge < -0.3 is 15.1 Å². The van der Waals surface area contributed by atoms with E-state index in [0.29, 0.717) is 13.1 Å². The maximum atomic E-state index is 12.6. The molecule has 6 nitrogen and oxygen atoms in total. The first-order valence-corrected chi connectivity index (χ1v) is 8.79. The number of hydrogen-bond donors (Lipinski definition) is 1. The Balaban J connectivity index is 0.00000312. The number of para-hydroxylation sites is 1. The number of thioether (sulfide) groups is 1. The van der Waals surface area contributed by atoms with E-state index in [1.165, 1.54) is 16.7 Å². The highest BCUT2D eigenvalue weighted by molar-refractivity contribution is 8.01. The van der Waals surface area contributed by atoms with Crippen LogP contribution in [0.5, 0.6) is 0 Å². The summed E-state index contributed by atoms with van der Waals surface area (Å²) in [6.07, 6.45) is 0. The molecule has 1 heterocycles. The van der Waals surface area contributed by atoms with Crippen molar-refractivity contribution in [3.05, 3.63) is 30.3 Å². The first-order valence-electron chi connectivity index (χ1n) is 7.85. The molecule has 0 aliphatic carbocycles. The van der Waals surface area contributed by atoms with E-state index in [0.717, 1.165) is 5.69 Å². The minimum atomic E-state index is -0.851. The van der Waals surface area contributed by atoms with Crippen molar-refractivity contribution in [2.24, 2.45) is 5.92 Å². The number of amides is 2. The summed E-state index contributed by atoms with van der Waals surface area (Å²) >= 11 is 1.39. The largest absolute Gasteiger partial charge is 0.383 e. The summed E-state index contributed by atoms with van der Waals surface area (Å²) in [6, 6.07) is 11.7. The normalized spacial score (nSPS) is 21.2. The molecule has 1 saturated heterocycles. The highest BCUT2D eigenvalue weighted by Gasteiger charge is 2.45. The lowest BCUT2D eigenvalue weighted by atomic mass is 10.1.